The highest BCUT2D eigenvalue weighted by atomic mass is 16.6. The van der Waals surface area contributed by atoms with E-state index in [1.807, 2.05) is 0 Å². The highest BCUT2D eigenvalue weighted by molar-refractivity contribution is 5.71. The van der Waals surface area contributed by atoms with Gasteiger partial charge in [-0.05, 0) is 70.6 Å². The Morgan fingerprint density at radius 3 is 0.983 bits per heavy atom. The minimum absolute atomic E-state index is 0.0744. The Balaban J connectivity index is 4.25. The summed E-state index contributed by atoms with van der Waals surface area (Å²) in [6.07, 6.45) is 57.0. The van der Waals surface area contributed by atoms with E-state index in [-0.39, 0.29) is 31.1 Å². The van der Waals surface area contributed by atoms with Gasteiger partial charge in [-0.1, -0.05) is 218 Å². The molecule has 0 radical (unpaired) electrons. The summed E-state index contributed by atoms with van der Waals surface area (Å²) in [5.74, 6) is -0.882. The van der Waals surface area contributed by atoms with Crippen molar-refractivity contribution in [3.8, 4) is 0 Å². The number of carbonyl (C=O) groups excluding carboxylic acids is 3. The van der Waals surface area contributed by atoms with Gasteiger partial charge in [0, 0.05) is 19.3 Å². The molecule has 0 saturated heterocycles. The molecule has 0 rings (SSSR count). The molecule has 0 aliphatic rings. The minimum Gasteiger partial charge on any atom is -0.462 e. The molecule has 0 aromatic carbocycles. The molecule has 0 heterocycles. The van der Waals surface area contributed by atoms with Crippen LogP contribution in [0.15, 0.2) is 36.5 Å². The molecule has 0 aliphatic carbocycles. The largest absolute Gasteiger partial charge is 0.462 e. The molecule has 0 aromatic heterocycles. The molecule has 0 amide bonds. The van der Waals surface area contributed by atoms with Gasteiger partial charge in [0.2, 0.25) is 0 Å². The Hall–Kier alpha value is -2.37. The third kappa shape index (κ3) is 46.7. The summed E-state index contributed by atoms with van der Waals surface area (Å²) >= 11 is 0. The predicted molar refractivity (Wildman–Crippen MR) is 256 cm³/mol. The average molecular weight is 843 g/mol. The first-order valence-electron chi connectivity index (χ1n) is 26.0. The van der Waals surface area contributed by atoms with Gasteiger partial charge in [-0.2, -0.15) is 0 Å². The van der Waals surface area contributed by atoms with Crippen LogP contribution in [0.25, 0.3) is 0 Å². The molecule has 60 heavy (non-hydrogen) atoms. The van der Waals surface area contributed by atoms with Gasteiger partial charge in [0.15, 0.2) is 6.10 Å². The van der Waals surface area contributed by atoms with Crippen molar-refractivity contribution >= 4 is 17.9 Å². The SMILES string of the molecule is CCCC/C=C\CCCCCCCC(=O)OC(COC(=O)CCCCCCCCCCCC)COC(=O)CCCCCCCCCCC/C=C\C/C=C\CCCCCCC. The highest BCUT2D eigenvalue weighted by Gasteiger charge is 2.19. The van der Waals surface area contributed by atoms with Crippen LogP contribution in [0.1, 0.15) is 271 Å². The number of ether oxygens (including phenoxy) is 3. The molecule has 0 fully saturated rings. The van der Waals surface area contributed by atoms with E-state index >= 15 is 0 Å². The molecule has 0 aliphatic heterocycles. The second kappa shape index (κ2) is 49.3. The maximum atomic E-state index is 12.7. The molecule has 0 saturated carbocycles. The van der Waals surface area contributed by atoms with Crippen LogP contribution in [0.2, 0.25) is 0 Å². The first-order valence-corrected chi connectivity index (χ1v) is 26.0. The molecule has 0 bridgehead atoms. The van der Waals surface area contributed by atoms with Gasteiger partial charge >= 0.3 is 17.9 Å². The summed E-state index contributed by atoms with van der Waals surface area (Å²) in [4.78, 5) is 37.8. The van der Waals surface area contributed by atoms with Crippen molar-refractivity contribution < 1.29 is 28.6 Å². The van der Waals surface area contributed by atoms with Crippen LogP contribution < -0.4 is 0 Å². The van der Waals surface area contributed by atoms with Crippen molar-refractivity contribution in [1.29, 1.82) is 0 Å². The molecule has 0 spiro atoms. The van der Waals surface area contributed by atoms with E-state index in [1.54, 1.807) is 0 Å². The van der Waals surface area contributed by atoms with Crippen LogP contribution in [0.4, 0.5) is 0 Å². The zero-order chi connectivity index (χ0) is 43.7. The van der Waals surface area contributed by atoms with E-state index in [1.165, 1.54) is 154 Å². The maximum Gasteiger partial charge on any atom is 0.306 e. The van der Waals surface area contributed by atoms with Crippen LogP contribution in [-0.4, -0.2) is 37.2 Å². The van der Waals surface area contributed by atoms with E-state index in [2.05, 4.69) is 57.2 Å². The van der Waals surface area contributed by atoms with Crippen LogP contribution >= 0.6 is 0 Å². The predicted octanol–water partition coefficient (Wildman–Crippen LogP) is 16.9. The van der Waals surface area contributed by atoms with Gasteiger partial charge in [0.1, 0.15) is 13.2 Å². The second-order valence-electron chi connectivity index (χ2n) is 17.4. The van der Waals surface area contributed by atoms with Crippen molar-refractivity contribution in [1.82, 2.24) is 0 Å². The molecule has 6 heteroatoms. The van der Waals surface area contributed by atoms with Gasteiger partial charge in [0.05, 0.1) is 0 Å². The van der Waals surface area contributed by atoms with Crippen molar-refractivity contribution in [2.45, 2.75) is 277 Å². The highest BCUT2D eigenvalue weighted by Crippen LogP contribution is 2.15. The standard InChI is InChI=1S/C54H98O6/c1-4-7-10-13-16-19-22-23-24-25-26-27-28-29-30-31-33-35-38-41-44-47-53(56)59-50-51(49-58-52(55)46-43-40-37-34-21-18-15-12-9-6-3)60-54(57)48-45-42-39-36-32-20-17-14-11-8-5-2/h14,17,22-23,25-26,51H,4-13,15-16,18-21,24,27-50H2,1-3H3/b17-14-,23-22-,26-25-. The number of unbranched alkanes of at least 4 members (excludes halogenated alkanes) is 30. The van der Waals surface area contributed by atoms with E-state index in [0.717, 1.165) is 77.0 Å². The van der Waals surface area contributed by atoms with E-state index in [4.69, 9.17) is 14.2 Å². The molecule has 0 aromatic rings. The minimum atomic E-state index is -0.773. The van der Waals surface area contributed by atoms with Crippen molar-refractivity contribution in [2.75, 3.05) is 13.2 Å². The summed E-state index contributed by atoms with van der Waals surface area (Å²) in [5.41, 5.74) is 0. The van der Waals surface area contributed by atoms with Gasteiger partial charge in [-0.3, -0.25) is 14.4 Å². The zero-order valence-corrected chi connectivity index (χ0v) is 40.0. The zero-order valence-electron chi connectivity index (χ0n) is 40.0. The van der Waals surface area contributed by atoms with E-state index in [0.29, 0.717) is 19.3 Å². The molecular formula is C54H98O6. The number of hydrogen-bond donors (Lipinski definition) is 0. The van der Waals surface area contributed by atoms with E-state index < -0.39 is 6.10 Å². The number of rotatable bonds is 47. The Labute approximate surface area is 372 Å². The van der Waals surface area contributed by atoms with Gasteiger partial charge < -0.3 is 14.2 Å². The topological polar surface area (TPSA) is 78.9 Å². The first kappa shape index (κ1) is 57.6. The Morgan fingerprint density at radius 2 is 0.617 bits per heavy atom. The maximum absolute atomic E-state index is 12.7. The smallest absolute Gasteiger partial charge is 0.306 e. The van der Waals surface area contributed by atoms with Crippen LogP contribution in [0.3, 0.4) is 0 Å². The number of esters is 3. The van der Waals surface area contributed by atoms with Crippen LogP contribution in [0, 0.1) is 0 Å². The normalized spacial score (nSPS) is 12.2. The lowest BCUT2D eigenvalue weighted by Gasteiger charge is -2.18. The van der Waals surface area contributed by atoms with Gasteiger partial charge in [0.25, 0.3) is 0 Å². The first-order chi connectivity index (χ1) is 29.5. The molecular weight excluding hydrogens is 745 g/mol. The van der Waals surface area contributed by atoms with Crippen molar-refractivity contribution in [2.24, 2.45) is 0 Å². The van der Waals surface area contributed by atoms with Crippen molar-refractivity contribution in [3.63, 3.8) is 0 Å². The van der Waals surface area contributed by atoms with Crippen LogP contribution in [-0.2, 0) is 28.6 Å². The van der Waals surface area contributed by atoms with Crippen molar-refractivity contribution in [3.05, 3.63) is 36.5 Å². The second-order valence-corrected chi connectivity index (χ2v) is 17.4. The van der Waals surface area contributed by atoms with E-state index in [9.17, 15) is 14.4 Å². The third-order valence-electron chi connectivity index (χ3n) is 11.4. The number of carbonyl (C=O) groups is 3. The Bertz CT molecular complexity index is 1020. The summed E-state index contributed by atoms with van der Waals surface area (Å²) in [7, 11) is 0. The summed E-state index contributed by atoms with van der Waals surface area (Å²) in [5, 5.41) is 0. The molecule has 350 valence electrons. The fourth-order valence-corrected chi connectivity index (χ4v) is 7.39. The molecule has 6 nitrogen and oxygen atoms in total. The van der Waals surface area contributed by atoms with Gasteiger partial charge in [-0.25, -0.2) is 0 Å². The lowest BCUT2D eigenvalue weighted by Crippen LogP contribution is -2.30. The average Bonchev–Trinajstić information content (AvgIpc) is 3.24. The quantitative estimate of drug-likeness (QED) is 0.0263. The summed E-state index contributed by atoms with van der Waals surface area (Å²) in [6.45, 7) is 6.58. The monoisotopic (exact) mass is 843 g/mol. The van der Waals surface area contributed by atoms with Crippen LogP contribution in [0.5, 0.6) is 0 Å². The Kier molecular flexibility index (Phi) is 47.3. The third-order valence-corrected chi connectivity index (χ3v) is 11.4. The fraction of sp³-hybridized carbons (Fsp3) is 0.833. The lowest BCUT2D eigenvalue weighted by molar-refractivity contribution is -0.167. The fourth-order valence-electron chi connectivity index (χ4n) is 7.39. The van der Waals surface area contributed by atoms with Gasteiger partial charge in [-0.15, -0.1) is 0 Å². The number of allylic oxidation sites excluding steroid dienone is 6. The summed E-state index contributed by atoms with van der Waals surface area (Å²) < 4.78 is 16.7. The lowest BCUT2D eigenvalue weighted by atomic mass is 10.1. The number of hydrogen-bond acceptors (Lipinski definition) is 6. The summed E-state index contributed by atoms with van der Waals surface area (Å²) in [6, 6.07) is 0. The Morgan fingerprint density at radius 1 is 0.333 bits per heavy atom. The molecule has 0 N–H and O–H groups in total. The molecule has 1 unspecified atom stereocenters. The molecule has 1 atom stereocenters.